The summed E-state index contributed by atoms with van der Waals surface area (Å²) >= 11 is 5.76. The fraction of sp³-hybridized carbons (Fsp3) is 0.429. The second kappa shape index (κ2) is 13.5. The van der Waals surface area contributed by atoms with E-state index in [1.165, 1.54) is 4.90 Å². The van der Waals surface area contributed by atoms with Crippen LogP contribution in [0.5, 0.6) is 5.75 Å². The third-order valence-electron chi connectivity index (χ3n) is 6.54. The second-order valence-corrected chi connectivity index (χ2v) is 9.46. The number of carbonyl (C=O) groups excluding carboxylic acids is 3. The van der Waals surface area contributed by atoms with E-state index in [1.54, 1.807) is 55.5 Å². The molecule has 1 N–H and O–H groups in total. The van der Waals surface area contributed by atoms with E-state index in [4.69, 9.17) is 26.4 Å². The number of nitrogens with zero attached hydrogens (tertiary/aromatic N) is 3. The van der Waals surface area contributed by atoms with Crippen LogP contribution in [0.2, 0.25) is 0 Å². The van der Waals surface area contributed by atoms with Gasteiger partial charge in [0.05, 0.1) is 44.1 Å². The number of thiocarbonyl (C=S) groups is 1. The summed E-state index contributed by atoms with van der Waals surface area (Å²) in [7, 11) is 0. The van der Waals surface area contributed by atoms with E-state index in [0.29, 0.717) is 60.7 Å². The lowest BCUT2D eigenvalue weighted by atomic mass is 10.1. The average Bonchev–Trinajstić information content (AvgIpc) is 3.17. The number of hydrogen-bond donors (Lipinski definition) is 1. The van der Waals surface area contributed by atoms with Crippen LogP contribution in [0.1, 0.15) is 30.6 Å². The molecule has 39 heavy (non-hydrogen) atoms. The summed E-state index contributed by atoms with van der Waals surface area (Å²) < 4.78 is 15.9. The lowest BCUT2D eigenvalue weighted by Gasteiger charge is -2.30. The van der Waals surface area contributed by atoms with Gasteiger partial charge in [0.15, 0.2) is 5.11 Å². The van der Waals surface area contributed by atoms with Crippen LogP contribution in [0.25, 0.3) is 0 Å². The molecule has 0 unspecified atom stereocenters. The van der Waals surface area contributed by atoms with E-state index in [2.05, 4.69) is 10.2 Å². The number of amides is 2. The molecule has 208 valence electrons. The normalized spacial score (nSPS) is 17.8. The highest BCUT2D eigenvalue weighted by Crippen LogP contribution is 2.28. The number of esters is 1. The summed E-state index contributed by atoms with van der Waals surface area (Å²) in [4.78, 5) is 44.3. The van der Waals surface area contributed by atoms with Gasteiger partial charge in [0, 0.05) is 31.9 Å². The van der Waals surface area contributed by atoms with Crippen molar-refractivity contribution >= 4 is 46.5 Å². The van der Waals surface area contributed by atoms with Crippen molar-refractivity contribution in [2.24, 2.45) is 0 Å². The highest BCUT2D eigenvalue weighted by molar-refractivity contribution is 7.80. The van der Waals surface area contributed by atoms with Gasteiger partial charge < -0.3 is 24.4 Å². The van der Waals surface area contributed by atoms with E-state index in [9.17, 15) is 14.4 Å². The number of anilines is 2. The van der Waals surface area contributed by atoms with Gasteiger partial charge in [-0.25, -0.2) is 4.79 Å². The summed E-state index contributed by atoms with van der Waals surface area (Å²) in [5.41, 5.74) is 1.53. The average molecular weight is 555 g/mol. The number of hydrogen-bond acceptors (Lipinski definition) is 8. The lowest BCUT2D eigenvalue weighted by molar-refractivity contribution is -0.124. The van der Waals surface area contributed by atoms with E-state index in [-0.39, 0.29) is 24.8 Å². The first-order valence-corrected chi connectivity index (χ1v) is 13.6. The van der Waals surface area contributed by atoms with Gasteiger partial charge in [-0.1, -0.05) is 0 Å². The number of rotatable bonds is 11. The number of morpholine rings is 1. The first-order valence-electron chi connectivity index (χ1n) is 13.2. The molecule has 2 saturated heterocycles. The predicted molar refractivity (Wildman–Crippen MR) is 151 cm³/mol. The number of carbonyl (C=O) groups is 3. The van der Waals surface area contributed by atoms with Crippen LogP contribution in [0.4, 0.5) is 11.4 Å². The van der Waals surface area contributed by atoms with Crippen molar-refractivity contribution in [2.45, 2.75) is 26.3 Å². The highest BCUT2D eigenvalue weighted by Gasteiger charge is 2.44. The molecule has 2 amide bonds. The Morgan fingerprint density at radius 1 is 1.00 bits per heavy atom. The summed E-state index contributed by atoms with van der Waals surface area (Å²) in [5, 5.41) is 3.20. The largest absolute Gasteiger partial charge is 0.494 e. The van der Waals surface area contributed by atoms with Crippen molar-refractivity contribution in [1.29, 1.82) is 0 Å². The monoisotopic (exact) mass is 554 g/mol. The SMILES string of the molecule is CCOC(=O)c1ccc(N2C(=O)[C@H](CC(=O)Nc3ccc(OCC)cc3)N(CCN3CCOCC3)C2=S)cc1. The molecule has 2 heterocycles. The third-order valence-corrected chi connectivity index (χ3v) is 6.96. The minimum Gasteiger partial charge on any atom is -0.494 e. The predicted octanol–water partition coefficient (Wildman–Crippen LogP) is 2.93. The number of nitrogens with one attached hydrogen (secondary N) is 1. The number of ether oxygens (including phenoxy) is 3. The Morgan fingerprint density at radius 2 is 1.69 bits per heavy atom. The van der Waals surface area contributed by atoms with Gasteiger partial charge in [0.1, 0.15) is 11.8 Å². The Hall–Kier alpha value is -3.54. The topological polar surface area (TPSA) is 101 Å². The molecule has 2 aliphatic rings. The minimum absolute atomic E-state index is 0.0628. The Morgan fingerprint density at radius 3 is 2.33 bits per heavy atom. The molecular weight excluding hydrogens is 520 g/mol. The minimum atomic E-state index is -0.758. The summed E-state index contributed by atoms with van der Waals surface area (Å²) in [5.74, 6) is -0.301. The van der Waals surface area contributed by atoms with Crippen LogP contribution in [0, 0.1) is 0 Å². The molecule has 0 saturated carbocycles. The molecular formula is C28H34N4O6S. The molecule has 1 atom stereocenters. The zero-order valence-electron chi connectivity index (χ0n) is 22.3. The molecule has 2 aromatic rings. The van der Waals surface area contributed by atoms with Crippen molar-refractivity contribution in [3.63, 3.8) is 0 Å². The quantitative estimate of drug-likeness (QED) is 0.332. The second-order valence-electron chi connectivity index (χ2n) is 9.10. The molecule has 11 heteroatoms. The molecule has 0 radical (unpaired) electrons. The Bertz CT molecular complexity index is 1170. The van der Waals surface area contributed by atoms with Crippen LogP contribution in [-0.4, -0.2) is 91.3 Å². The maximum atomic E-state index is 13.7. The molecule has 2 aliphatic heterocycles. The van der Waals surface area contributed by atoms with Crippen molar-refractivity contribution < 1.29 is 28.6 Å². The summed E-state index contributed by atoms with van der Waals surface area (Å²) in [6, 6.07) is 12.9. The van der Waals surface area contributed by atoms with Gasteiger partial charge in [-0.2, -0.15) is 0 Å². The molecule has 0 aliphatic carbocycles. The van der Waals surface area contributed by atoms with Crippen LogP contribution in [0.15, 0.2) is 48.5 Å². The summed E-state index contributed by atoms with van der Waals surface area (Å²) in [6.45, 7) is 8.57. The molecule has 0 spiro atoms. The lowest BCUT2D eigenvalue weighted by Crippen LogP contribution is -2.45. The Balaban J connectivity index is 1.50. The standard InChI is InChI=1S/C28H34N4O6S/c1-3-37-23-11-7-21(8-12-23)29-25(33)19-24-26(34)32(22-9-5-20(6-10-22)27(35)38-4-2)28(39)31(24)14-13-30-15-17-36-18-16-30/h5-12,24H,3-4,13-19H2,1-2H3,(H,29,33)/t24-/m0/s1. The van der Waals surface area contributed by atoms with Gasteiger partial charge in [-0.15, -0.1) is 0 Å². The van der Waals surface area contributed by atoms with Crippen LogP contribution in [0.3, 0.4) is 0 Å². The maximum Gasteiger partial charge on any atom is 0.338 e. The van der Waals surface area contributed by atoms with E-state index >= 15 is 0 Å². The van der Waals surface area contributed by atoms with E-state index in [0.717, 1.165) is 13.1 Å². The van der Waals surface area contributed by atoms with Crippen LogP contribution < -0.4 is 15.0 Å². The summed E-state index contributed by atoms with van der Waals surface area (Å²) in [6.07, 6.45) is -0.0628. The van der Waals surface area contributed by atoms with Crippen molar-refractivity contribution in [3.8, 4) is 5.75 Å². The molecule has 2 aromatic carbocycles. The van der Waals surface area contributed by atoms with Gasteiger partial charge >= 0.3 is 5.97 Å². The van der Waals surface area contributed by atoms with Gasteiger partial charge in [0.2, 0.25) is 5.91 Å². The zero-order chi connectivity index (χ0) is 27.8. The zero-order valence-corrected chi connectivity index (χ0v) is 23.1. The maximum absolute atomic E-state index is 13.7. The van der Waals surface area contributed by atoms with Crippen molar-refractivity contribution in [1.82, 2.24) is 9.80 Å². The van der Waals surface area contributed by atoms with E-state index in [1.807, 2.05) is 11.8 Å². The fourth-order valence-electron chi connectivity index (χ4n) is 4.55. The van der Waals surface area contributed by atoms with Gasteiger partial charge in [0.25, 0.3) is 5.91 Å². The van der Waals surface area contributed by atoms with Gasteiger partial charge in [-0.3, -0.25) is 19.4 Å². The van der Waals surface area contributed by atoms with E-state index < -0.39 is 12.0 Å². The first-order chi connectivity index (χ1) is 18.9. The smallest absolute Gasteiger partial charge is 0.338 e. The fourth-order valence-corrected chi connectivity index (χ4v) is 4.96. The molecule has 10 nitrogen and oxygen atoms in total. The number of benzene rings is 2. The molecule has 4 rings (SSSR count). The highest BCUT2D eigenvalue weighted by atomic mass is 32.1. The van der Waals surface area contributed by atoms with Gasteiger partial charge in [-0.05, 0) is 74.6 Å². The van der Waals surface area contributed by atoms with Crippen LogP contribution >= 0.6 is 12.2 Å². The third kappa shape index (κ3) is 7.11. The molecule has 2 fully saturated rings. The first kappa shape index (κ1) is 28.5. The van der Waals surface area contributed by atoms with Crippen LogP contribution in [-0.2, 0) is 19.1 Å². The van der Waals surface area contributed by atoms with Crippen molar-refractivity contribution in [3.05, 3.63) is 54.1 Å². The molecule has 0 bridgehead atoms. The van der Waals surface area contributed by atoms with Crippen molar-refractivity contribution in [2.75, 3.05) is 62.8 Å². The Kier molecular flexibility index (Phi) is 9.85. The Labute approximate surface area is 233 Å². The molecule has 0 aromatic heterocycles.